The van der Waals surface area contributed by atoms with Crippen LogP contribution >= 0.6 is 11.3 Å². The first-order valence-corrected chi connectivity index (χ1v) is 15.0. The number of nitrogens with zero attached hydrogens (tertiary/aromatic N) is 7. The van der Waals surface area contributed by atoms with Crippen LogP contribution in [0, 0.1) is 0 Å². The minimum absolute atomic E-state index is 0.0696. The predicted octanol–water partition coefficient (Wildman–Crippen LogP) is 5.09. The highest BCUT2D eigenvalue weighted by Crippen LogP contribution is 2.47. The van der Waals surface area contributed by atoms with Crippen LogP contribution in [0.25, 0.3) is 44.3 Å². The SMILES string of the molecule is CC1(C)Cc2c(-c3nn(Cc4nc5cccc(-c6ccsc6)c5c(=O)n4-n4cccc4)c4ncnc(N)c34)ccc(O)c2O1. The Kier molecular flexibility index (Phi) is 5.65. The van der Waals surface area contributed by atoms with Gasteiger partial charge in [0.1, 0.15) is 30.0 Å². The number of fused-ring (bicyclic) bond motifs is 3. The third kappa shape index (κ3) is 3.98. The Hall–Kier alpha value is -5.49. The number of benzene rings is 2. The standard InChI is InChI=1S/C32H26N8O3S/c1-32(2)14-21-20(8-9-23(41)28(21)43-32)27-26-29(33)34-17-35-30(26)39(37-27)15-24-36-22-7-5-6-19(18-10-13-44-16-18)25(22)31(42)40(24)38-11-3-4-12-38/h3-13,16-17,41H,14-15H2,1-2H3,(H2,33,34,35). The van der Waals surface area contributed by atoms with Crippen molar-refractivity contribution in [3.8, 4) is 33.9 Å². The predicted molar refractivity (Wildman–Crippen MR) is 169 cm³/mol. The van der Waals surface area contributed by atoms with E-state index in [2.05, 4.69) is 9.97 Å². The van der Waals surface area contributed by atoms with E-state index in [1.165, 1.54) is 6.33 Å². The van der Waals surface area contributed by atoms with E-state index in [1.807, 2.05) is 67.1 Å². The average molecular weight is 603 g/mol. The summed E-state index contributed by atoms with van der Waals surface area (Å²) in [6, 6.07) is 14.8. The van der Waals surface area contributed by atoms with Gasteiger partial charge in [0.05, 0.1) is 16.3 Å². The van der Waals surface area contributed by atoms with Gasteiger partial charge in [-0.25, -0.2) is 19.6 Å². The lowest BCUT2D eigenvalue weighted by Gasteiger charge is -2.16. The van der Waals surface area contributed by atoms with Crippen LogP contribution in [0.5, 0.6) is 11.5 Å². The van der Waals surface area contributed by atoms with Gasteiger partial charge in [-0.2, -0.15) is 21.1 Å². The zero-order valence-electron chi connectivity index (χ0n) is 23.8. The molecule has 0 fully saturated rings. The molecule has 6 heterocycles. The summed E-state index contributed by atoms with van der Waals surface area (Å²) < 4.78 is 11.1. The smallest absolute Gasteiger partial charge is 0.281 e. The maximum absolute atomic E-state index is 14.3. The van der Waals surface area contributed by atoms with Crippen molar-refractivity contribution < 1.29 is 9.84 Å². The second-order valence-corrected chi connectivity index (χ2v) is 12.1. The fraction of sp³-hybridized carbons (Fsp3) is 0.156. The van der Waals surface area contributed by atoms with Gasteiger partial charge in [-0.3, -0.25) is 9.47 Å². The second kappa shape index (κ2) is 9.51. The summed E-state index contributed by atoms with van der Waals surface area (Å²) >= 11 is 1.58. The minimum Gasteiger partial charge on any atom is -0.504 e. The first kappa shape index (κ1) is 26.2. The Morgan fingerprint density at radius 1 is 1.05 bits per heavy atom. The lowest BCUT2D eigenvalue weighted by Crippen LogP contribution is -2.31. The molecule has 5 aromatic heterocycles. The molecule has 44 heavy (non-hydrogen) atoms. The number of aromatic hydroxyl groups is 1. The van der Waals surface area contributed by atoms with Gasteiger partial charge in [-0.05, 0) is 72.1 Å². The van der Waals surface area contributed by atoms with Crippen LogP contribution in [0.4, 0.5) is 5.82 Å². The Bertz CT molecular complexity index is 2290. The number of thiophene rings is 1. The van der Waals surface area contributed by atoms with Gasteiger partial charge >= 0.3 is 0 Å². The molecular weight excluding hydrogens is 576 g/mol. The van der Waals surface area contributed by atoms with E-state index in [1.54, 1.807) is 43.8 Å². The monoisotopic (exact) mass is 602 g/mol. The average Bonchev–Trinajstić information content (AvgIpc) is 3.81. The van der Waals surface area contributed by atoms with E-state index in [4.69, 9.17) is 20.6 Å². The molecule has 0 unspecified atom stereocenters. The van der Waals surface area contributed by atoms with Crippen molar-refractivity contribution in [1.82, 2.24) is 34.1 Å². The van der Waals surface area contributed by atoms with Gasteiger partial charge in [0, 0.05) is 29.9 Å². The number of aromatic nitrogens is 7. The number of phenolic OH excluding ortho intramolecular Hbond substituents is 1. The molecule has 3 N–H and O–H groups in total. The lowest BCUT2D eigenvalue weighted by molar-refractivity contribution is 0.134. The van der Waals surface area contributed by atoms with E-state index in [0.717, 1.165) is 22.3 Å². The van der Waals surface area contributed by atoms with Crippen LogP contribution in [0.15, 0.2) is 82.8 Å². The van der Waals surface area contributed by atoms with Gasteiger partial charge in [-0.15, -0.1) is 0 Å². The molecule has 2 aromatic carbocycles. The van der Waals surface area contributed by atoms with Crippen molar-refractivity contribution in [3.63, 3.8) is 0 Å². The lowest BCUT2D eigenvalue weighted by atomic mass is 9.95. The molecule has 0 amide bonds. The summed E-state index contributed by atoms with van der Waals surface area (Å²) in [5.41, 5.74) is 10.8. The summed E-state index contributed by atoms with van der Waals surface area (Å²) in [5.74, 6) is 1.23. The summed E-state index contributed by atoms with van der Waals surface area (Å²) in [7, 11) is 0. The molecule has 0 radical (unpaired) electrons. The molecule has 218 valence electrons. The Balaban J connectivity index is 1.35. The van der Waals surface area contributed by atoms with Crippen molar-refractivity contribution in [3.05, 3.63) is 99.8 Å². The van der Waals surface area contributed by atoms with Crippen molar-refractivity contribution in [2.45, 2.75) is 32.4 Å². The maximum Gasteiger partial charge on any atom is 0.281 e. The van der Waals surface area contributed by atoms with Gasteiger partial charge in [0.15, 0.2) is 23.0 Å². The normalized spacial score (nSPS) is 13.9. The van der Waals surface area contributed by atoms with Crippen LogP contribution in [-0.4, -0.2) is 44.8 Å². The minimum atomic E-state index is -0.500. The molecule has 0 bridgehead atoms. The van der Waals surface area contributed by atoms with Crippen LogP contribution in [-0.2, 0) is 13.0 Å². The number of nitrogen functional groups attached to an aromatic ring is 1. The molecule has 11 nitrogen and oxygen atoms in total. The van der Waals surface area contributed by atoms with Crippen molar-refractivity contribution in [2.75, 3.05) is 5.73 Å². The van der Waals surface area contributed by atoms with E-state index in [0.29, 0.717) is 45.6 Å². The first-order valence-electron chi connectivity index (χ1n) is 14.0. The summed E-state index contributed by atoms with van der Waals surface area (Å²) in [6.45, 7) is 4.06. The number of anilines is 1. The third-order valence-electron chi connectivity index (χ3n) is 7.92. The quantitative estimate of drug-likeness (QED) is 0.278. The number of rotatable bonds is 5. The summed E-state index contributed by atoms with van der Waals surface area (Å²) in [4.78, 5) is 28.1. The Labute approximate surface area is 254 Å². The largest absolute Gasteiger partial charge is 0.504 e. The van der Waals surface area contributed by atoms with Gasteiger partial charge in [-0.1, -0.05) is 12.1 Å². The highest BCUT2D eigenvalue weighted by molar-refractivity contribution is 7.08. The van der Waals surface area contributed by atoms with Gasteiger partial charge in [0.25, 0.3) is 5.56 Å². The number of ether oxygens (including phenoxy) is 1. The highest BCUT2D eigenvalue weighted by Gasteiger charge is 2.35. The van der Waals surface area contributed by atoms with Crippen molar-refractivity contribution in [2.24, 2.45) is 0 Å². The van der Waals surface area contributed by atoms with Gasteiger partial charge < -0.3 is 15.6 Å². The molecule has 0 aliphatic carbocycles. The van der Waals surface area contributed by atoms with Crippen LogP contribution < -0.4 is 16.0 Å². The third-order valence-corrected chi connectivity index (χ3v) is 8.60. The second-order valence-electron chi connectivity index (χ2n) is 11.4. The topological polar surface area (TPSA) is 139 Å². The van der Waals surface area contributed by atoms with Crippen LogP contribution in [0.3, 0.4) is 0 Å². The molecule has 0 atom stereocenters. The maximum atomic E-state index is 14.3. The van der Waals surface area contributed by atoms with Crippen molar-refractivity contribution >= 4 is 39.1 Å². The number of hydrogen-bond donors (Lipinski definition) is 2. The molecular formula is C32H26N8O3S. The van der Waals surface area contributed by atoms with E-state index in [9.17, 15) is 9.90 Å². The van der Waals surface area contributed by atoms with E-state index < -0.39 is 5.60 Å². The molecule has 0 spiro atoms. The van der Waals surface area contributed by atoms with Crippen LogP contribution in [0.1, 0.15) is 25.2 Å². The molecule has 0 saturated heterocycles. The zero-order valence-corrected chi connectivity index (χ0v) is 24.6. The molecule has 1 aliphatic heterocycles. The summed E-state index contributed by atoms with van der Waals surface area (Å²) in [5, 5.41) is 20.7. The molecule has 12 heteroatoms. The zero-order chi connectivity index (χ0) is 30.2. The fourth-order valence-electron chi connectivity index (χ4n) is 6.05. The Morgan fingerprint density at radius 2 is 1.89 bits per heavy atom. The molecule has 7 aromatic rings. The first-order chi connectivity index (χ1) is 21.3. The Morgan fingerprint density at radius 3 is 2.68 bits per heavy atom. The van der Waals surface area contributed by atoms with Crippen LogP contribution in [0.2, 0.25) is 0 Å². The number of hydrogen-bond acceptors (Lipinski definition) is 9. The molecule has 8 rings (SSSR count). The number of phenols is 1. The highest BCUT2D eigenvalue weighted by atomic mass is 32.1. The molecule has 0 saturated carbocycles. The van der Waals surface area contributed by atoms with Crippen molar-refractivity contribution in [1.29, 1.82) is 0 Å². The van der Waals surface area contributed by atoms with E-state index in [-0.39, 0.29) is 23.7 Å². The van der Waals surface area contributed by atoms with E-state index >= 15 is 0 Å². The number of nitrogens with two attached hydrogens (primary N) is 1. The summed E-state index contributed by atoms with van der Waals surface area (Å²) in [6.07, 6.45) is 5.58. The molecule has 1 aliphatic rings. The van der Waals surface area contributed by atoms with Gasteiger partial charge in [0.2, 0.25) is 0 Å². The fourth-order valence-corrected chi connectivity index (χ4v) is 6.71.